The maximum atomic E-state index is 12.9. The zero-order valence-electron chi connectivity index (χ0n) is 6.99. The third kappa shape index (κ3) is 2.57. The van der Waals surface area contributed by atoms with Gasteiger partial charge < -0.3 is 5.11 Å². The van der Waals surface area contributed by atoms with Crippen molar-refractivity contribution in [3.63, 3.8) is 0 Å². The van der Waals surface area contributed by atoms with Gasteiger partial charge in [-0.2, -0.15) is 13.2 Å². The predicted molar refractivity (Wildman–Crippen MR) is 37.1 cm³/mol. The van der Waals surface area contributed by atoms with E-state index in [1.807, 2.05) is 0 Å². The highest BCUT2D eigenvalue weighted by molar-refractivity contribution is 5.78. The molecule has 1 N–H and O–H groups in total. The molecule has 0 saturated heterocycles. The molecule has 1 unspecified atom stereocenters. The Labute approximate surface area is 72.5 Å². The summed E-state index contributed by atoms with van der Waals surface area (Å²) in [5.74, 6) is -2.46. The van der Waals surface area contributed by atoms with E-state index in [4.69, 9.17) is 5.11 Å². The molecule has 0 aliphatic heterocycles. The van der Waals surface area contributed by atoms with Crippen LogP contribution < -0.4 is 0 Å². The minimum atomic E-state index is -5.34. The Balaban J connectivity index is 4.64. The summed E-state index contributed by atoms with van der Waals surface area (Å²) in [6.07, 6.45) is -6.16. The van der Waals surface area contributed by atoms with Crippen molar-refractivity contribution in [2.75, 3.05) is 0 Å². The standard InChI is InChI=1S/C7H10F4O2/c1-2-3-4-6(8,5(12)13)7(9,10)11/h2-4H2,1H3,(H,12,13). The number of halogens is 4. The fourth-order valence-electron chi connectivity index (χ4n) is 0.790. The van der Waals surface area contributed by atoms with E-state index in [2.05, 4.69) is 0 Å². The largest absolute Gasteiger partial charge is 0.479 e. The van der Waals surface area contributed by atoms with E-state index in [0.717, 1.165) is 0 Å². The Kier molecular flexibility index (Phi) is 3.69. The lowest BCUT2D eigenvalue weighted by molar-refractivity contribution is -0.238. The molecule has 13 heavy (non-hydrogen) atoms. The second kappa shape index (κ2) is 3.93. The average molecular weight is 202 g/mol. The summed E-state index contributed by atoms with van der Waals surface area (Å²) in [6.45, 7) is 1.55. The molecule has 0 amide bonds. The molecular formula is C7H10F4O2. The van der Waals surface area contributed by atoms with E-state index in [0.29, 0.717) is 6.42 Å². The zero-order chi connectivity index (χ0) is 10.7. The number of carboxylic acids is 1. The first-order valence-corrected chi connectivity index (χ1v) is 3.74. The maximum absolute atomic E-state index is 12.9. The van der Waals surface area contributed by atoms with Gasteiger partial charge in [0.1, 0.15) is 0 Å². The van der Waals surface area contributed by atoms with Crippen molar-refractivity contribution >= 4 is 5.97 Å². The molecule has 0 radical (unpaired) electrons. The molecule has 0 aromatic rings. The third-order valence-electron chi connectivity index (χ3n) is 1.66. The van der Waals surface area contributed by atoms with Gasteiger partial charge >= 0.3 is 17.8 Å². The van der Waals surface area contributed by atoms with Crippen LogP contribution in [0.15, 0.2) is 0 Å². The van der Waals surface area contributed by atoms with E-state index in [1.54, 1.807) is 6.92 Å². The summed E-state index contributed by atoms with van der Waals surface area (Å²) >= 11 is 0. The average Bonchev–Trinajstić information content (AvgIpc) is 1.97. The van der Waals surface area contributed by atoms with Crippen LogP contribution in [0.1, 0.15) is 26.2 Å². The topological polar surface area (TPSA) is 37.3 Å². The lowest BCUT2D eigenvalue weighted by Crippen LogP contribution is -2.48. The first-order valence-electron chi connectivity index (χ1n) is 3.74. The number of hydrogen-bond donors (Lipinski definition) is 1. The fourth-order valence-corrected chi connectivity index (χ4v) is 0.790. The Morgan fingerprint density at radius 2 is 1.77 bits per heavy atom. The maximum Gasteiger partial charge on any atom is 0.433 e. The molecule has 0 aromatic carbocycles. The van der Waals surface area contributed by atoms with Gasteiger partial charge in [0.2, 0.25) is 0 Å². The highest BCUT2D eigenvalue weighted by Gasteiger charge is 2.61. The summed E-state index contributed by atoms with van der Waals surface area (Å²) in [5.41, 5.74) is -4.09. The van der Waals surface area contributed by atoms with E-state index in [-0.39, 0.29) is 6.42 Å². The molecule has 6 heteroatoms. The lowest BCUT2D eigenvalue weighted by Gasteiger charge is -2.22. The van der Waals surface area contributed by atoms with Crippen molar-refractivity contribution < 1.29 is 27.5 Å². The van der Waals surface area contributed by atoms with Crippen LogP contribution in [0.25, 0.3) is 0 Å². The van der Waals surface area contributed by atoms with Crippen LogP contribution in [-0.4, -0.2) is 22.9 Å². The van der Waals surface area contributed by atoms with Crippen molar-refractivity contribution in [1.82, 2.24) is 0 Å². The van der Waals surface area contributed by atoms with Crippen LogP contribution in [-0.2, 0) is 4.79 Å². The van der Waals surface area contributed by atoms with Gasteiger partial charge in [0.05, 0.1) is 0 Å². The van der Waals surface area contributed by atoms with Crippen LogP contribution >= 0.6 is 0 Å². The van der Waals surface area contributed by atoms with Gasteiger partial charge in [0, 0.05) is 6.42 Å². The summed E-state index contributed by atoms with van der Waals surface area (Å²) in [6, 6.07) is 0. The monoisotopic (exact) mass is 202 g/mol. The van der Waals surface area contributed by atoms with Gasteiger partial charge in [-0.1, -0.05) is 13.3 Å². The highest BCUT2D eigenvalue weighted by Crippen LogP contribution is 2.38. The van der Waals surface area contributed by atoms with Gasteiger partial charge in [-0.05, 0) is 6.42 Å². The normalized spacial score (nSPS) is 16.7. The Hall–Kier alpha value is -0.810. The number of alkyl halides is 4. The molecule has 78 valence electrons. The molecule has 2 nitrogen and oxygen atoms in total. The summed E-state index contributed by atoms with van der Waals surface area (Å²) < 4.78 is 48.7. The molecule has 1 atom stereocenters. The van der Waals surface area contributed by atoms with Crippen molar-refractivity contribution in [3.8, 4) is 0 Å². The molecule has 0 spiro atoms. The molecule has 0 rings (SSSR count). The van der Waals surface area contributed by atoms with E-state index < -0.39 is 24.2 Å². The molecule has 0 heterocycles. The second-order valence-corrected chi connectivity index (χ2v) is 2.71. The first kappa shape index (κ1) is 12.2. The predicted octanol–water partition coefficient (Wildman–Crippen LogP) is 2.53. The third-order valence-corrected chi connectivity index (χ3v) is 1.66. The van der Waals surface area contributed by atoms with E-state index >= 15 is 0 Å². The molecular weight excluding hydrogens is 192 g/mol. The smallest absolute Gasteiger partial charge is 0.433 e. The van der Waals surface area contributed by atoms with Crippen molar-refractivity contribution in [1.29, 1.82) is 0 Å². The quantitative estimate of drug-likeness (QED) is 0.711. The summed E-state index contributed by atoms with van der Waals surface area (Å²) in [5, 5.41) is 8.10. The Morgan fingerprint density at radius 3 is 2.00 bits per heavy atom. The number of aliphatic carboxylic acids is 1. The van der Waals surface area contributed by atoms with Crippen LogP contribution in [0.2, 0.25) is 0 Å². The number of unbranched alkanes of at least 4 members (excludes halogenated alkanes) is 1. The van der Waals surface area contributed by atoms with Gasteiger partial charge in [-0.3, -0.25) is 0 Å². The number of hydrogen-bond acceptors (Lipinski definition) is 1. The van der Waals surface area contributed by atoms with Gasteiger partial charge in [0.15, 0.2) is 0 Å². The number of rotatable bonds is 4. The van der Waals surface area contributed by atoms with Gasteiger partial charge in [0.25, 0.3) is 0 Å². The van der Waals surface area contributed by atoms with Crippen LogP contribution in [0.5, 0.6) is 0 Å². The molecule has 0 saturated carbocycles. The van der Waals surface area contributed by atoms with Crippen LogP contribution in [0.3, 0.4) is 0 Å². The van der Waals surface area contributed by atoms with Crippen molar-refractivity contribution in [2.24, 2.45) is 0 Å². The van der Waals surface area contributed by atoms with Gasteiger partial charge in [-0.25, -0.2) is 9.18 Å². The second-order valence-electron chi connectivity index (χ2n) is 2.71. The van der Waals surface area contributed by atoms with E-state index in [1.165, 1.54) is 0 Å². The SMILES string of the molecule is CCCCC(F)(C(=O)O)C(F)(F)F. The minimum absolute atomic E-state index is 0.109. The summed E-state index contributed by atoms with van der Waals surface area (Å²) in [4.78, 5) is 10.1. The molecule has 0 aromatic heterocycles. The van der Waals surface area contributed by atoms with Crippen LogP contribution in [0, 0.1) is 0 Å². The van der Waals surface area contributed by atoms with Crippen molar-refractivity contribution in [2.45, 2.75) is 38.0 Å². The van der Waals surface area contributed by atoms with E-state index in [9.17, 15) is 22.4 Å². The fraction of sp³-hybridized carbons (Fsp3) is 0.857. The summed E-state index contributed by atoms with van der Waals surface area (Å²) in [7, 11) is 0. The number of carboxylic acid groups (broad SMARTS) is 1. The molecule has 0 aliphatic rings. The Morgan fingerprint density at radius 1 is 1.31 bits per heavy atom. The zero-order valence-corrected chi connectivity index (χ0v) is 6.99. The van der Waals surface area contributed by atoms with Gasteiger partial charge in [-0.15, -0.1) is 0 Å². The van der Waals surface area contributed by atoms with Crippen molar-refractivity contribution in [3.05, 3.63) is 0 Å². The highest BCUT2D eigenvalue weighted by atomic mass is 19.4. The van der Waals surface area contributed by atoms with Crippen LogP contribution in [0.4, 0.5) is 17.6 Å². The number of carbonyl (C=O) groups is 1. The Bertz CT molecular complexity index is 189. The molecule has 0 bridgehead atoms. The molecule has 0 aliphatic carbocycles. The first-order chi connectivity index (χ1) is 5.75. The molecule has 0 fully saturated rings. The lowest BCUT2D eigenvalue weighted by atomic mass is 9.98. The minimum Gasteiger partial charge on any atom is -0.479 e.